The molecule has 0 saturated heterocycles. The van der Waals surface area contributed by atoms with Gasteiger partial charge in [0, 0.05) is 21.6 Å². The lowest BCUT2D eigenvalue weighted by Crippen LogP contribution is -2.14. The Kier molecular flexibility index (Phi) is 6.54. The molecule has 0 atom stereocenters. The van der Waals surface area contributed by atoms with Gasteiger partial charge in [-0.2, -0.15) is 0 Å². The van der Waals surface area contributed by atoms with E-state index in [-0.39, 0.29) is 5.41 Å². The third kappa shape index (κ3) is 4.46. The van der Waals surface area contributed by atoms with Gasteiger partial charge in [0.05, 0.1) is 5.39 Å². The number of furan rings is 2. The van der Waals surface area contributed by atoms with Crippen LogP contribution in [0.25, 0.3) is 121 Å². The van der Waals surface area contributed by atoms with Crippen LogP contribution in [0.15, 0.2) is 191 Å². The maximum atomic E-state index is 6.66. The molecule has 0 unspecified atom stereocenters. The van der Waals surface area contributed by atoms with Gasteiger partial charge in [-0.25, -0.2) is 0 Å². The number of fused-ring (bicyclic) bond motifs is 14. The van der Waals surface area contributed by atoms with Crippen LogP contribution in [0, 0.1) is 0 Å². The average Bonchev–Trinajstić information content (AvgIpc) is 3.93. The van der Waals surface area contributed by atoms with E-state index in [1.165, 1.54) is 71.4 Å². The van der Waals surface area contributed by atoms with Crippen LogP contribution in [-0.2, 0) is 5.41 Å². The molecule has 276 valence electrons. The number of hydrogen-bond acceptors (Lipinski definition) is 2. The van der Waals surface area contributed by atoms with E-state index in [1.54, 1.807) is 0 Å². The van der Waals surface area contributed by atoms with Crippen molar-refractivity contribution >= 4 is 76.2 Å². The highest BCUT2D eigenvalue weighted by Crippen LogP contribution is 2.52. The summed E-state index contributed by atoms with van der Waals surface area (Å²) in [5.41, 5.74) is 16.2. The van der Waals surface area contributed by atoms with Crippen molar-refractivity contribution in [3.05, 3.63) is 193 Å². The molecule has 0 amide bonds. The summed E-state index contributed by atoms with van der Waals surface area (Å²) >= 11 is 0. The standard InChI is InChI=1S/C57H36O2/c1-57(2)47-21-11-9-14-37(47)46-31-35(27-29-48(46)57)53-42-19-7-5-17-40(42)52(41-18-6-8-20-43(41)53)34-25-23-33(24-26-34)45-32-51-54(39-16-4-3-13-36(39)45)55-50(58-51)30-28-44-38-15-10-12-22-49(38)59-56(44)55/h3-32H,1-2H3. The van der Waals surface area contributed by atoms with E-state index in [4.69, 9.17) is 8.83 Å². The molecule has 1 aliphatic carbocycles. The normalized spacial score (nSPS) is 13.4. The largest absolute Gasteiger partial charge is 0.456 e. The van der Waals surface area contributed by atoms with Crippen molar-refractivity contribution in [2.24, 2.45) is 0 Å². The summed E-state index contributed by atoms with van der Waals surface area (Å²) in [6.45, 7) is 4.70. The second kappa shape index (κ2) is 11.8. The Bertz CT molecular complexity index is 3690. The smallest absolute Gasteiger partial charge is 0.147 e. The van der Waals surface area contributed by atoms with Crippen LogP contribution in [-0.4, -0.2) is 0 Å². The highest BCUT2D eigenvalue weighted by Gasteiger charge is 2.35. The summed E-state index contributed by atoms with van der Waals surface area (Å²) in [7, 11) is 0. The topological polar surface area (TPSA) is 26.3 Å². The summed E-state index contributed by atoms with van der Waals surface area (Å²) in [4.78, 5) is 0. The quantitative estimate of drug-likeness (QED) is 0.168. The van der Waals surface area contributed by atoms with E-state index in [0.717, 1.165) is 60.4 Å². The Morgan fingerprint density at radius 1 is 0.322 bits per heavy atom. The van der Waals surface area contributed by atoms with Crippen molar-refractivity contribution in [3.8, 4) is 44.5 Å². The van der Waals surface area contributed by atoms with E-state index in [9.17, 15) is 0 Å². The molecule has 0 saturated carbocycles. The predicted octanol–water partition coefficient (Wildman–Crippen LogP) is 16.3. The van der Waals surface area contributed by atoms with Crippen molar-refractivity contribution in [2.45, 2.75) is 19.3 Å². The molecule has 0 N–H and O–H groups in total. The van der Waals surface area contributed by atoms with Crippen molar-refractivity contribution in [2.75, 3.05) is 0 Å². The molecular weight excluding hydrogens is 717 g/mol. The second-order valence-electron chi connectivity index (χ2n) is 16.7. The molecule has 2 heteroatoms. The molecular formula is C57H36O2. The SMILES string of the molecule is CC1(C)c2ccccc2-c2cc(-c3c4ccccc4c(-c4ccc(-c5cc6oc7ccc8c9ccccc9oc8c7c6c6ccccc56)cc4)c4ccccc34)ccc21. The minimum Gasteiger partial charge on any atom is -0.456 e. The molecule has 13 rings (SSSR count). The molecule has 2 aromatic heterocycles. The first kappa shape index (κ1) is 32.6. The fourth-order valence-corrected chi connectivity index (χ4v) is 10.6. The average molecular weight is 753 g/mol. The van der Waals surface area contributed by atoms with Crippen LogP contribution in [0.1, 0.15) is 25.0 Å². The molecule has 2 nitrogen and oxygen atoms in total. The van der Waals surface area contributed by atoms with E-state index >= 15 is 0 Å². The first-order valence-electron chi connectivity index (χ1n) is 20.5. The van der Waals surface area contributed by atoms with Crippen molar-refractivity contribution in [1.82, 2.24) is 0 Å². The highest BCUT2D eigenvalue weighted by atomic mass is 16.3. The van der Waals surface area contributed by atoms with Crippen molar-refractivity contribution < 1.29 is 8.83 Å². The van der Waals surface area contributed by atoms with Gasteiger partial charge in [-0.1, -0.05) is 166 Å². The van der Waals surface area contributed by atoms with Gasteiger partial charge in [-0.3, -0.25) is 0 Å². The zero-order valence-corrected chi connectivity index (χ0v) is 32.6. The van der Waals surface area contributed by atoms with Gasteiger partial charge in [-0.05, 0) is 118 Å². The molecule has 0 radical (unpaired) electrons. The highest BCUT2D eigenvalue weighted by molar-refractivity contribution is 6.29. The van der Waals surface area contributed by atoms with Gasteiger partial charge >= 0.3 is 0 Å². The minimum absolute atomic E-state index is 0.0308. The van der Waals surface area contributed by atoms with Gasteiger partial charge in [0.1, 0.15) is 22.3 Å². The van der Waals surface area contributed by atoms with Crippen LogP contribution in [0.2, 0.25) is 0 Å². The third-order valence-electron chi connectivity index (χ3n) is 13.3. The Morgan fingerprint density at radius 3 is 1.61 bits per heavy atom. The molecule has 0 aliphatic heterocycles. The van der Waals surface area contributed by atoms with Crippen LogP contribution >= 0.6 is 0 Å². The Balaban J connectivity index is 0.984. The molecule has 0 bridgehead atoms. The molecule has 12 aromatic rings. The lowest BCUT2D eigenvalue weighted by Gasteiger charge is -2.22. The molecule has 10 aromatic carbocycles. The lowest BCUT2D eigenvalue weighted by molar-refractivity contribution is 0.660. The Labute approximate surface area is 340 Å². The Hall–Kier alpha value is -7.42. The summed E-state index contributed by atoms with van der Waals surface area (Å²) < 4.78 is 13.2. The first-order chi connectivity index (χ1) is 29.0. The lowest BCUT2D eigenvalue weighted by atomic mass is 9.81. The van der Waals surface area contributed by atoms with E-state index in [2.05, 4.69) is 184 Å². The third-order valence-corrected chi connectivity index (χ3v) is 13.3. The van der Waals surface area contributed by atoms with E-state index in [0.29, 0.717) is 0 Å². The fourth-order valence-electron chi connectivity index (χ4n) is 10.6. The molecule has 0 spiro atoms. The van der Waals surface area contributed by atoms with Gasteiger partial charge in [-0.15, -0.1) is 0 Å². The van der Waals surface area contributed by atoms with Gasteiger partial charge in [0.15, 0.2) is 0 Å². The van der Waals surface area contributed by atoms with Gasteiger partial charge < -0.3 is 8.83 Å². The zero-order valence-electron chi connectivity index (χ0n) is 32.6. The number of hydrogen-bond donors (Lipinski definition) is 0. The maximum Gasteiger partial charge on any atom is 0.147 e. The Morgan fingerprint density at radius 2 is 0.881 bits per heavy atom. The van der Waals surface area contributed by atoms with Crippen LogP contribution in [0.5, 0.6) is 0 Å². The summed E-state index contributed by atoms with van der Waals surface area (Å²) in [6.07, 6.45) is 0. The molecule has 2 heterocycles. The number of para-hydroxylation sites is 1. The van der Waals surface area contributed by atoms with E-state index in [1.807, 2.05) is 12.1 Å². The van der Waals surface area contributed by atoms with Gasteiger partial charge in [0.25, 0.3) is 0 Å². The number of rotatable bonds is 3. The van der Waals surface area contributed by atoms with Crippen LogP contribution in [0.4, 0.5) is 0 Å². The monoisotopic (exact) mass is 752 g/mol. The summed E-state index contributed by atoms with van der Waals surface area (Å²) in [6, 6.07) is 66.5. The first-order valence-corrected chi connectivity index (χ1v) is 20.5. The second-order valence-corrected chi connectivity index (χ2v) is 16.7. The summed E-state index contributed by atoms with van der Waals surface area (Å²) in [5.74, 6) is 0. The fraction of sp³-hybridized carbons (Fsp3) is 0.0526. The molecule has 0 fully saturated rings. The predicted molar refractivity (Wildman–Crippen MR) is 247 cm³/mol. The molecule has 59 heavy (non-hydrogen) atoms. The van der Waals surface area contributed by atoms with E-state index < -0.39 is 0 Å². The van der Waals surface area contributed by atoms with Gasteiger partial charge in [0.2, 0.25) is 0 Å². The zero-order chi connectivity index (χ0) is 39.0. The number of benzene rings is 10. The van der Waals surface area contributed by atoms with Crippen LogP contribution in [0.3, 0.4) is 0 Å². The van der Waals surface area contributed by atoms with Crippen LogP contribution < -0.4 is 0 Å². The van der Waals surface area contributed by atoms with Crippen molar-refractivity contribution in [3.63, 3.8) is 0 Å². The molecule has 1 aliphatic rings. The minimum atomic E-state index is -0.0308. The summed E-state index contributed by atoms with van der Waals surface area (Å²) in [5, 5.41) is 11.7. The van der Waals surface area contributed by atoms with Crippen molar-refractivity contribution in [1.29, 1.82) is 0 Å². The maximum absolute atomic E-state index is 6.66.